The number of hydrogen-bond acceptors (Lipinski definition) is 6. The van der Waals surface area contributed by atoms with Crippen LogP contribution in [0.15, 0.2) is 104 Å². The van der Waals surface area contributed by atoms with E-state index < -0.39 is 11.9 Å². The van der Waals surface area contributed by atoms with Crippen LogP contribution in [0.3, 0.4) is 0 Å². The number of fused-ring (bicyclic) bond motifs is 2. The van der Waals surface area contributed by atoms with Crippen LogP contribution < -0.4 is 10.3 Å². The lowest BCUT2D eigenvalue weighted by molar-refractivity contribution is -0.274. The molecule has 0 atom stereocenters. The van der Waals surface area contributed by atoms with Crippen molar-refractivity contribution in [2.24, 2.45) is 5.10 Å². The van der Waals surface area contributed by atoms with Gasteiger partial charge in [-0.15, -0.1) is 13.2 Å². The van der Waals surface area contributed by atoms with Crippen molar-refractivity contribution in [2.45, 2.75) is 6.36 Å². The quantitative estimate of drug-likeness (QED) is 0.208. The smallest absolute Gasteiger partial charge is 0.455 e. The van der Waals surface area contributed by atoms with E-state index in [1.165, 1.54) is 30.5 Å². The molecule has 3 heterocycles. The van der Waals surface area contributed by atoms with Crippen LogP contribution in [0.1, 0.15) is 5.76 Å². The Morgan fingerprint density at radius 2 is 1.72 bits per heavy atom. The van der Waals surface area contributed by atoms with Gasteiger partial charge in [0.05, 0.1) is 17.1 Å². The summed E-state index contributed by atoms with van der Waals surface area (Å²) in [6.07, 6.45) is -3.44. The van der Waals surface area contributed by atoms with Crippen LogP contribution in [0.4, 0.5) is 13.2 Å². The van der Waals surface area contributed by atoms with Crippen molar-refractivity contribution < 1.29 is 26.7 Å². The van der Waals surface area contributed by atoms with Crippen LogP contribution in [0.5, 0.6) is 5.75 Å². The largest absolute Gasteiger partial charge is 0.573 e. The van der Waals surface area contributed by atoms with E-state index in [1.807, 2.05) is 0 Å². The maximum atomic E-state index is 13.4. The highest BCUT2D eigenvalue weighted by molar-refractivity contribution is 6.31. The molecule has 0 unspecified atom stereocenters. The highest BCUT2D eigenvalue weighted by Gasteiger charge is 2.31. The van der Waals surface area contributed by atoms with Gasteiger partial charge in [-0.05, 0) is 72.8 Å². The molecule has 3 aromatic heterocycles. The summed E-state index contributed by atoms with van der Waals surface area (Å²) < 4.78 is 54.0. The molecule has 0 aliphatic carbocycles. The monoisotopic (exact) mass is 549 g/mol. The summed E-state index contributed by atoms with van der Waals surface area (Å²) >= 11 is 6.11. The number of furan rings is 2. The summed E-state index contributed by atoms with van der Waals surface area (Å²) in [5.74, 6) is 0.822. The highest BCUT2D eigenvalue weighted by atomic mass is 35.5. The predicted molar refractivity (Wildman–Crippen MR) is 140 cm³/mol. The second kappa shape index (κ2) is 9.48. The number of para-hydroxylation sites is 1. The van der Waals surface area contributed by atoms with Gasteiger partial charge in [0, 0.05) is 16.0 Å². The molecule has 0 spiro atoms. The first-order valence-corrected chi connectivity index (χ1v) is 11.8. The molecule has 6 aromatic rings. The fourth-order valence-electron chi connectivity index (χ4n) is 4.03. The first-order valence-electron chi connectivity index (χ1n) is 11.5. The first-order chi connectivity index (χ1) is 18.7. The van der Waals surface area contributed by atoms with Crippen LogP contribution in [0.25, 0.3) is 44.8 Å². The molecule has 0 bridgehead atoms. The van der Waals surface area contributed by atoms with Crippen LogP contribution in [0.2, 0.25) is 5.02 Å². The average Bonchev–Trinajstić information content (AvgIpc) is 3.54. The number of nitrogens with zero attached hydrogens (tertiary/aromatic N) is 3. The third kappa shape index (κ3) is 5.01. The minimum absolute atomic E-state index is 0.175. The Balaban J connectivity index is 1.37. The third-order valence-corrected chi connectivity index (χ3v) is 5.99. The number of hydrogen-bond donors (Lipinski definition) is 0. The molecule has 0 fully saturated rings. The predicted octanol–water partition coefficient (Wildman–Crippen LogP) is 7.50. The SMILES string of the molecule is O=c1c2ccccc2nc(-c2cc3cc(Cl)ccc3o2)n1N=Cc1ccc(-c2ccc(OC(F)(F)F)cc2)o1. The fraction of sp³-hybridized carbons (Fsp3) is 0.0357. The molecule has 3 aromatic carbocycles. The summed E-state index contributed by atoms with van der Waals surface area (Å²) in [4.78, 5) is 18.0. The zero-order valence-electron chi connectivity index (χ0n) is 19.6. The number of halogens is 4. The van der Waals surface area contributed by atoms with E-state index in [-0.39, 0.29) is 11.6 Å². The van der Waals surface area contributed by atoms with Crippen LogP contribution in [0, 0.1) is 0 Å². The average molecular weight is 550 g/mol. The molecule has 7 nitrogen and oxygen atoms in total. The van der Waals surface area contributed by atoms with E-state index in [1.54, 1.807) is 60.7 Å². The summed E-state index contributed by atoms with van der Waals surface area (Å²) in [5, 5.41) is 5.97. The van der Waals surface area contributed by atoms with Crippen molar-refractivity contribution in [1.29, 1.82) is 0 Å². The van der Waals surface area contributed by atoms with E-state index >= 15 is 0 Å². The maximum absolute atomic E-state index is 13.4. The lowest BCUT2D eigenvalue weighted by Crippen LogP contribution is -2.20. The van der Waals surface area contributed by atoms with Gasteiger partial charge in [0.15, 0.2) is 5.76 Å². The molecule has 0 amide bonds. The topological polar surface area (TPSA) is 82.8 Å². The molecule has 6 rings (SSSR count). The second-order valence-corrected chi connectivity index (χ2v) is 8.82. The standard InChI is InChI=1S/C28H15ClF3N3O4/c29-18-7-11-24-17(13-18)14-25(38-24)26-34-22-4-2-1-3-21(22)27(36)35(26)33-15-20-10-12-23(37-20)16-5-8-19(9-6-16)39-28(30,31)32/h1-15H. The summed E-state index contributed by atoms with van der Waals surface area (Å²) in [7, 11) is 0. The minimum Gasteiger partial charge on any atom is -0.455 e. The number of ether oxygens (including phenoxy) is 1. The Morgan fingerprint density at radius 3 is 2.51 bits per heavy atom. The normalized spacial score (nSPS) is 12.1. The Hall–Kier alpha value is -4.83. The summed E-state index contributed by atoms with van der Waals surface area (Å²) in [5.41, 5.74) is 1.14. The molecule has 39 heavy (non-hydrogen) atoms. The molecule has 0 radical (unpaired) electrons. The lowest BCUT2D eigenvalue weighted by Gasteiger charge is -2.08. The Labute approximate surface area is 222 Å². The van der Waals surface area contributed by atoms with Crippen LogP contribution in [-0.2, 0) is 0 Å². The number of alkyl halides is 3. The number of rotatable bonds is 5. The van der Waals surface area contributed by atoms with Gasteiger partial charge in [-0.1, -0.05) is 23.7 Å². The third-order valence-electron chi connectivity index (χ3n) is 5.75. The van der Waals surface area contributed by atoms with Crippen molar-refractivity contribution in [1.82, 2.24) is 9.66 Å². The Kier molecular flexibility index (Phi) is 5.96. The van der Waals surface area contributed by atoms with E-state index in [2.05, 4.69) is 14.8 Å². The first kappa shape index (κ1) is 24.5. The molecule has 11 heteroatoms. The molecule has 0 saturated heterocycles. The van der Waals surface area contributed by atoms with Crippen molar-refractivity contribution >= 4 is 39.7 Å². The highest BCUT2D eigenvalue weighted by Crippen LogP contribution is 2.30. The molecule has 0 aliphatic heterocycles. The van der Waals surface area contributed by atoms with Crippen molar-refractivity contribution in [3.63, 3.8) is 0 Å². The fourth-order valence-corrected chi connectivity index (χ4v) is 4.21. The number of benzene rings is 3. The molecule has 0 saturated carbocycles. The van der Waals surface area contributed by atoms with Gasteiger partial charge in [0.2, 0.25) is 5.82 Å². The second-order valence-electron chi connectivity index (χ2n) is 8.38. The van der Waals surface area contributed by atoms with E-state index in [0.717, 1.165) is 10.1 Å². The maximum Gasteiger partial charge on any atom is 0.573 e. The van der Waals surface area contributed by atoms with Gasteiger partial charge in [0.25, 0.3) is 5.56 Å². The van der Waals surface area contributed by atoms with E-state index in [9.17, 15) is 18.0 Å². The van der Waals surface area contributed by atoms with Crippen LogP contribution in [-0.4, -0.2) is 22.2 Å². The van der Waals surface area contributed by atoms with Gasteiger partial charge in [0.1, 0.15) is 22.9 Å². The Morgan fingerprint density at radius 1 is 0.923 bits per heavy atom. The molecule has 194 valence electrons. The van der Waals surface area contributed by atoms with Gasteiger partial charge in [-0.2, -0.15) is 9.78 Å². The van der Waals surface area contributed by atoms with E-state index in [4.69, 9.17) is 20.4 Å². The van der Waals surface area contributed by atoms with Gasteiger partial charge in [-0.25, -0.2) is 4.98 Å². The molecule has 0 aliphatic rings. The molecular formula is C28H15ClF3N3O4. The minimum atomic E-state index is -4.78. The van der Waals surface area contributed by atoms with Crippen molar-refractivity contribution in [2.75, 3.05) is 0 Å². The zero-order chi connectivity index (χ0) is 27.1. The summed E-state index contributed by atoms with van der Waals surface area (Å²) in [6, 6.07) is 22.2. The van der Waals surface area contributed by atoms with Crippen molar-refractivity contribution in [3.05, 3.63) is 106 Å². The van der Waals surface area contributed by atoms with Gasteiger partial charge >= 0.3 is 6.36 Å². The van der Waals surface area contributed by atoms with Gasteiger partial charge in [-0.3, -0.25) is 4.79 Å². The molecule has 0 N–H and O–H groups in total. The lowest BCUT2D eigenvalue weighted by atomic mass is 10.2. The van der Waals surface area contributed by atoms with E-state index in [0.29, 0.717) is 44.4 Å². The van der Waals surface area contributed by atoms with Gasteiger partial charge < -0.3 is 13.6 Å². The van der Waals surface area contributed by atoms with Crippen LogP contribution >= 0.6 is 11.6 Å². The van der Waals surface area contributed by atoms with Crippen molar-refractivity contribution in [3.8, 4) is 28.7 Å². The molecular weight excluding hydrogens is 535 g/mol. The number of aromatic nitrogens is 2. The summed E-state index contributed by atoms with van der Waals surface area (Å²) in [6.45, 7) is 0. The zero-order valence-corrected chi connectivity index (χ0v) is 20.4. The Bertz CT molecular complexity index is 1920.